The SMILES string of the molecule is CCN(CC)C(=O)CNc1cccc(NC(=O)C(C)C)c1. The Morgan fingerprint density at radius 2 is 1.76 bits per heavy atom. The van der Waals surface area contributed by atoms with Crippen LogP contribution in [0.25, 0.3) is 0 Å². The number of amides is 2. The summed E-state index contributed by atoms with van der Waals surface area (Å²) in [6.07, 6.45) is 0. The van der Waals surface area contributed by atoms with Crippen LogP contribution in [0.4, 0.5) is 11.4 Å². The highest BCUT2D eigenvalue weighted by Gasteiger charge is 2.10. The van der Waals surface area contributed by atoms with E-state index >= 15 is 0 Å². The zero-order valence-corrected chi connectivity index (χ0v) is 13.3. The zero-order valence-electron chi connectivity index (χ0n) is 13.3. The predicted molar refractivity (Wildman–Crippen MR) is 86.3 cm³/mol. The van der Waals surface area contributed by atoms with Crippen molar-refractivity contribution in [3.63, 3.8) is 0 Å². The molecule has 0 fully saturated rings. The molecule has 5 heteroatoms. The number of anilines is 2. The van der Waals surface area contributed by atoms with Crippen LogP contribution in [0.1, 0.15) is 27.7 Å². The lowest BCUT2D eigenvalue weighted by molar-refractivity contribution is -0.128. The maximum atomic E-state index is 11.9. The Hall–Kier alpha value is -2.04. The van der Waals surface area contributed by atoms with Gasteiger partial charge >= 0.3 is 0 Å². The van der Waals surface area contributed by atoms with Gasteiger partial charge in [-0.25, -0.2) is 0 Å². The first-order valence-electron chi connectivity index (χ1n) is 7.40. The second kappa shape index (κ2) is 8.29. The van der Waals surface area contributed by atoms with Gasteiger partial charge in [0.05, 0.1) is 6.54 Å². The van der Waals surface area contributed by atoms with Crippen molar-refractivity contribution in [3.8, 4) is 0 Å². The molecule has 0 bridgehead atoms. The fraction of sp³-hybridized carbons (Fsp3) is 0.500. The van der Waals surface area contributed by atoms with E-state index in [-0.39, 0.29) is 24.3 Å². The van der Waals surface area contributed by atoms with Crippen molar-refractivity contribution in [3.05, 3.63) is 24.3 Å². The molecule has 1 rings (SSSR count). The summed E-state index contributed by atoms with van der Waals surface area (Å²) in [6.45, 7) is 9.29. The van der Waals surface area contributed by atoms with Gasteiger partial charge in [-0.3, -0.25) is 9.59 Å². The molecule has 0 saturated heterocycles. The van der Waals surface area contributed by atoms with E-state index in [1.807, 2.05) is 52.0 Å². The average Bonchev–Trinajstić information content (AvgIpc) is 2.46. The minimum Gasteiger partial charge on any atom is -0.376 e. The number of carbonyl (C=O) groups excluding carboxylic acids is 2. The van der Waals surface area contributed by atoms with E-state index in [1.54, 1.807) is 4.90 Å². The summed E-state index contributed by atoms with van der Waals surface area (Å²) in [4.78, 5) is 25.4. The molecule has 2 amide bonds. The lowest BCUT2D eigenvalue weighted by Gasteiger charge is -2.19. The monoisotopic (exact) mass is 291 g/mol. The number of likely N-dealkylation sites (N-methyl/N-ethyl adjacent to an activating group) is 1. The number of nitrogens with one attached hydrogen (secondary N) is 2. The number of nitrogens with zero attached hydrogens (tertiary/aromatic N) is 1. The van der Waals surface area contributed by atoms with Crippen LogP contribution in [0.15, 0.2) is 24.3 Å². The van der Waals surface area contributed by atoms with Gasteiger partial charge in [0.2, 0.25) is 11.8 Å². The molecule has 116 valence electrons. The third kappa shape index (κ3) is 5.45. The summed E-state index contributed by atoms with van der Waals surface area (Å²) in [6, 6.07) is 7.38. The molecule has 0 saturated carbocycles. The van der Waals surface area contributed by atoms with E-state index in [0.29, 0.717) is 13.1 Å². The molecular weight excluding hydrogens is 266 g/mol. The predicted octanol–water partition coefficient (Wildman–Crippen LogP) is 2.56. The Labute approximate surface area is 126 Å². The van der Waals surface area contributed by atoms with Crippen LogP contribution in [0, 0.1) is 5.92 Å². The minimum atomic E-state index is -0.0640. The molecule has 2 N–H and O–H groups in total. The van der Waals surface area contributed by atoms with Crippen LogP contribution >= 0.6 is 0 Å². The van der Waals surface area contributed by atoms with E-state index in [2.05, 4.69) is 10.6 Å². The maximum Gasteiger partial charge on any atom is 0.241 e. The van der Waals surface area contributed by atoms with E-state index in [9.17, 15) is 9.59 Å². The van der Waals surface area contributed by atoms with Crippen molar-refractivity contribution >= 4 is 23.2 Å². The first-order valence-corrected chi connectivity index (χ1v) is 7.40. The van der Waals surface area contributed by atoms with Gasteiger partial charge in [-0.2, -0.15) is 0 Å². The highest BCUT2D eigenvalue weighted by molar-refractivity contribution is 5.92. The van der Waals surface area contributed by atoms with Crippen LogP contribution < -0.4 is 10.6 Å². The number of hydrogen-bond donors (Lipinski definition) is 2. The molecule has 1 aromatic carbocycles. The second-order valence-corrected chi connectivity index (χ2v) is 5.14. The van der Waals surface area contributed by atoms with Crippen molar-refractivity contribution in [1.29, 1.82) is 0 Å². The molecule has 0 aromatic heterocycles. The molecule has 0 radical (unpaired) electrons. The molecule has 5 nitrogen and oxygen atoms in total. The van der Waals surface area contributed by atoms with Crippen molar-refractivity contribution in [2.75, 3.05) is 30.3 Å². The molecule has 0 aliphatic rings. The third-order valence-corrected chi connectivity index (χ3v) is 3.21. The van der Waals surface area contributed by atoms with Crippen molar-refractivity contribution in [2.24, 2.45) is 5.92 Å². The summed E-state index contributed by atoms with van der Waals surface area (Å²) in [5.74, 6) is -0.0196. The first-order chi connectivity index (χ1) is 9.97. The zero-order chi connectivity index (χ0) is 15.8. The molecule has 0 aliphatic heterocycles. The Balaban J connectivity index is 2.61. The largest absolute Gasteiger partial charge is 0.376 e. The third-order valence-electron chi connectivity index (χ3n) is 3.21. The second-order valence-electron chi connectivity index (χ2n) is 5.14. The molecule has 0 heterocycles. The van der Waals surface area contributed by atoms with Crippen molar-refractivity contribution < 1.29 is 9.59 Å². The average molecular weight is 291 g/mol. The van der Waals surface area contributed by atoms with Crippen LogP contribution in [0.2, 0.25) is 0 Å². The molecule has 1 aromatic rings. The molecule has 0 spiro atoms. The van der Waals surface area contributed by atoms with Gasteiger partial charge in [-0.05, 0) is 32.0 Å². The van der Waals surface area contributed by atoms with Crippen LogP contribution in [0.5, 0.6) is 0 Å². The summed E-state index contributed by atoms with van der Waals surface area (Å²) < 4.78 is 0. The van der Waals surface area contributed by atoms with Crippen LogP contribution in [-0.2, 0) is 9.59 Å². The summed E-state index contributed by atoms with van der Waals surface area (Å²) >= 11 is 0. The van der Waals surface area contributed by atoms with Gasteiger partial charge in [0, 0.05) is 30.4 Å². The molecule has 0 aliphatic carbocycles. The van der Waals surface area contributed by atoms with Crippen molar-refractivity contribution in [1.82, 2.24) is 4.90 Å². The van der Waals surface area contributed by atoms with Crippen LogP contribution in [-0.4, -0.2) is 36.3 Å². The van der Waals surface area contributed by atoms with Gasteiger partial charge < -0.3 is 15.5 Å². The van der Waals surface area contributed by atoms with Gasteiger partial charge in [-0.1, -0.05) is 19.9 Å². The Morgan fingerprint density at radius 1 is 1.14 bits per heavy atom. The van der Waals surface area contributed by atoms with Crippen LogP contribution in [0.3, 0.4) is 0 Å². The minimum absolute atomic E-state index is 0.0219. The number of benzene rings is 1. The molecular formula is C16H25N3O2. The van der Waals surface area contributed by atoms with E-state index in [4.69, 9.17) is 0 Å². The van der Waals surface area contributed by atoms with Gasteiger partial charge in [-0.15, -0.1) is 0 Å². The number of hydrogen-bond acceptors (Lipinski definition) is 3. The smallest absolute Gasteiger partial charge is 0.241 e. The Kier molecular flexibility index (Phi) is 6.72. The quantitative estimate of drug-likeness (QED) is 0.811. The van der Waals surface area contributed by atoms with E-state index in [0.717, 1.165) is 11.4 Å². The molecule has 0 unspecified atom stereocenters. The summed E-state index contributed by atoms with van der Waals surface area (Å²) in [7, 11) is 0. The van der Waals surface area contributed by atoms with E-state index < -0.39 is 0 Å². The first kappa shape index (κ1) is 17.0. The fourth-order valence-electron chi connectivity index (χ4n) is 1.86. The summed E-state index contributed by atoms with van der Waals surface area (Å²) in [5.41, 5.74) is 1.55. The van der Waals surface area contributed by atoms with Gasteiger partial charge in [0.15, 0.2) is 0 Å². The van der Waals surface area contributed by atoms with Crippen molar-refractivity contribution in [2.45, 2.75) is 27.7 Å². The Morgan fingerprint density at radius 3 is 2.33 bits per heavy atom. The van der Waals surface area contributed by atoms with E-state index in [1.165, 1.54) is 0 Å². The standard InChI is InChI=1S/C16H25N3O2/c1-5-19(6-2)15(20)11-17-13-8-7-9-14(10-13)18-16(21)12(3)4/h7-10,12,17H,5-6,11H2,1-4H3,(H,18,21). The number of carbonyl (C=O) groups is 2. The topological polar surface area (TPSA) is 61.4 Å². The highest BCUT2D eigenvalue weighted by atomic mass is 16.2. The van der Waals surface area contributed by atoms with Gasteiger partial charge in [0.1, 0.15) is 0 Å². The maximum absolute atomic E-state index is 11.9. The highest BCUT2D eigenvalue weighted by Crippen LogP contribution is 2.15. The summed E-state index contributed by atoms with van der Waals surface area (Å²) in [5, 5.41) is 5.93. The molecule has 21 heavy (non-hydrogen) atoms. The number of rotatable bonds is 7. The normalized spacial score (nSPS) is 10.3. The Bertz CT molecular complexity index is 482. The van der Waals surface area contributed by atoms with Gasteiger partial charge in [0.25, 0.3) is 0 Å². The lowest BCUT2D eigenvalue weighted by Crippen LogP contribution is -2.35. The fourth-order valence-corrected chi connectivity index (χ4v) is 1.86. The molecule has 0 atom stereocenters. The lowest BCUT2D eigenvalue weighted by atomic mass is 10.2.